The minimum absolute atomic E-state index is 0.245. The molecule has 0 bridgehead atoms. The van der Waals surface area contributed by atoms with Gasteiger partial charge in [-0.05, 0) is 55.2 Å². The van der Waals surface area contributed by atoms with Crippen LogP contribution in [0.1, 0.15) is 18.4 Å². The summed E-state index contributed by atoms with van der Waals surface area (Å²) in [6, 6.07) is 12.7. The van der Waals surface area contributed by atoms with Crippen molar-refractivity contribution in [3.05, 3.63) is 53.1 Å². The van der Waals surface area contributed by atoms with Gasteiger partial charge >= 0.3 is 0 Å². The van der Waals surface area contributed by atoms with Crippen molar-refractivity contribution < 1.29 is 8.42 Å². The van der Waals surface area contributed by atoms with E-state index in [1.54, 1.807) is 18.2 Å². The van der Waals surface area contributed by atoms with Crippen LogP contribution in [0.25, 0.3) is 0 Å². The van der Waals surface area contributed by atoms with Crippen LogP contribution in [0, 0.1) is 0 Å². The van der Waals surface area contributed by atoms with Gasteiger partial charge in [-0.2, -0.15) is 0 Å². The van der Waals surface area contributed by atoms with E-state index in [4.69, 9.17) is 11.6 Å². The molecule has 0 radical (unpaired) electrons. The maximum absolute atomic E-state index is 13.0. The molecule has 126 valence electrons. The number of anilines is 2. The van der Waals surface area contributed by atoms with Gasteiger partial charge in [-0.3, -0.25) is 4.31 Å². The van der Waals surface area contributed by atoms with Gasteiger partial charge < -0.3 is 4.90 Å². The van der Waals surface area contributed by atoms with Crippen molar-refractivity contribution in [1.82, 2.24) is 0 Å². The fraction of sp³-hybridized carbons (Fsp3) is 0.333. The van der Waals surface area contributed by atoms with Crippen molar-refractivity contribution in [2.45, 2.75) is 24.2 Å². The first-order valence-corrected chi connectivity index (χ1v) is 10.0. The molecular weight excluding hydrogens is 344 g/mol. The fourth-order valence-electron chi connectivity index (χ4n) is 3.51. The summed E-state index contributed by atoms with van der Waals surface area (Å²) in [7, 11) is -3.58. The Labute approximate surface area is 147 Å². The van der Waals surface area contributed by atoms with Crippen LogP contribution in [0.5, 0.6) is 0 Å². The quantitative estimate of drug-likeness (QED) is 0.836. The minimum Gasteiger partial charge on any atom is -0.371 e. The van der Waals surface area contributed by atoms with Crippen LogP contribution in [0.3, 0.4) is 0 Å². The van der Waals surface area contributed by atoms with E-state index in [0.717, 1.165) is 36.4 Å². The standard InChI is InChI=1S/C18H19ClN2O2S/c19-15-4-3-5-17(12-15)24(22,23)21-11-8-14-6-7-16(13-18(14)21)20-9-1-2-10-20/h3-7,12-13H,1-2,8-11H2. The molecule has 0 atom stereocenters. The summed E-state index contributed by atoms with van der Waals surface area (Å²) in [6.07, 6.45) is 3.14. The molecule has 0 spiro atoms. The van der Waals surface area contributed by atoms with Crippen molar-refractivity contribution in [3.8, 4) is 0 Å². The number of rotatable bonds is 3. The number of fused-ring (bicyclic) bond motifs is 1. The van der Waals surface area contributed by atoms with Crippen LogP contribution in [-0.4, -0.2) is 28.1 Å². The molecule has 0 N–H and O–H groups in total. The molecule has 4 rings (SSSR count). The summed E-state index contributed by atoms with van der Waals surface area (Å²) in [6.45, 7) is 2.56. The van der Waals surface area contributed by atoms with Gasteiger partial charge in [0.15, 0.2) is 0 Å². The number of nitrogens with zero attached hydrogens (tertiary/aromatic N) is 2. The van der Waals surface area contributed by atoms with E-state index in [1.807, 2.05) is 6.07 Å². The molecule has 0 amide bonds. The topological polar surface area (TPSA) is 40.6 Å². The molecular formula is C18H19ClN2O2S. The zero-order valence-electron chi connectivity index (χ0n) is 13.3. The zero-order valence-corrected chi connectivity index (χ0v) is 14.9. The van der Waals surface area contributed by atoms with Gasteiger partial charge in [0.2, 0.25) is 0 Å². The second-order valence-electron chi connectivity index (χ2n) is 6.29. The Morgan fingerprint density at radius 3 is 2.50 bits per heavy atom. The van der Waals surface area contributed by atoms with Crippen LogP contribution in [0.2, 0.25) is 5.02 Å². The molecule has 2 aliphatic rings. The molecule has 6 heteroatoms. The lowest BCUT2D eigenvalue weighted by molar-refractivity contribution is 0.592. The second-order valence-corrected chi connectivity index (χ2v) is 8.59. The molecule has 0 saturated carbocycles. The van der Waals surface area contributed by atoms with Gasteiger partial charge in [0.05, 0.1) is 10.6 Å². The average molecular weight is 363 g/mol. The second kappa shape index (κ2) is 5.97. The maximum atomic E-state index is 13.0. The largest absolute Gasteiger partial charge is 0.371 e. The van der Waals surface area contributed by atoms with Crippen LogP contribution in [-0.2, 0) is 16.4 Å². The smallest absolute Gasteiger partial charge is 0.264 e. The Kier molecular flexibility index (Phi) is 3.93. The molecule has 2 aromatic carbocycles. The summed E-state index contributed by atoms with van der Waals surface area (Å²) in [5.41, 5.74) is 3.00. The van der Waals surface area contributed by atoms with Crippen molar-refractivity contribution in [3.63, 3.8) is 0 Å². The highest BCUT2D eigenvalue weighted by molar-refractivity contribution is 7.92. The van der Waals surface area contributed by atoms with Crippen LogP contribution < -0.4 is 9.21 Å². The SMILES string of the molecule is O=S(=O)(c1cccc(Cl)c1)N1CCc2ccc(N3CCCC3)cc21. The number of hydrogen-bond acceptors (Lipinski definition) is 3. The molecule has 24 heavy (non-hydrogen) atoms. The predicted molar refractivity (Wildman–Crippen MR) is 97.6 cm³/mol. The Morgan fingerprint density at radius 1 is 0.958 bits per heavy atom. The van der Waals surface area contributed by atoms with Gasteiger partial charge in [0.25, 0.3) is 10.0 Å². The van der Waals surface area contributed by atoms with Crippen LogP contribution in [0.15, 0.2) is 47.4 Å². The van der Waals surface area contributed by atoms with Gasteiger partial charge in [-0.1, -0.05) is 23.7 Å². The van der Waals surface area contributed by atoms with Crippen molar-refractivity contribution in [1.29, 1.82) is 0 Å². The average Bonchev–Trinajstić information content (AvgIpc) is 3.24. The summed E-state index contributed by atoms with van der Waals surface area (Å²) in [5.74, 6) is 0. The van der Waals surface area contributed by atoms with Crippen LogP contribution in [0.4, 0.5) is 11.4 Å². The van der Waals surface area contributed by atoms with E-state index >= 15 is 0 Å². The Bertz CT molecular complexity index is 876. The number of benzene rings is 2. The third-order valence-electron chi connectivity index (χ3n) is 4.78. The summed E-state index contributed by atoms with van der Waals surface area (Å²) < 4.78 is 27.6. The fourth-order valence-corrected chi connectivity index (χ4v) is 5.31. The molecule has 2 aliphatic heterocycles. The molecule has 0 unspecified atom stereocenters. The lowest BCUT2D eigenvalue weighted by Gasteiger charge is -2.23. The number of halogens is 1. The predicted octanol–water partition coefficient (Wildman–Crippen LogP) is 3.69. The lowest BCUT2D eigenvalue weighted by Crippen LogP contribution is -2.29. The van der Waals surface area contributed by atoms with E-state index in [9.17, 15) is 8.42 Å². The summed E-state index contributed by atoms with van der Waals surface area (Å²) in [4.78, 5) is 2.57. The number of hydrogen-bond donors (Lipinski definition) is 0. The first kappa shape index (κ1) is 15.8. The van der Waals surface area contributed by atoms with E-state index in [2.05, 4.69) is 17.0 Å². The first-order chi connectivity index (χ1) is 11.6. The minimum atomic E-state index is -3.58. The highest BCUT2D eigenvalue weighted by Gasteiger charge is 2.31. The molecule has 2 heterocycles. The van der Waals surface area contributed by atoms with E-state index in [0.29, 0.717) is 11.6 Å². The highest BCUT2D eigenvalue weighted by Crippen LogP contribution is 2.36. The van der Waals surface area contributed by atoms with Gasteiger partial charge in [-0.15, -0.1) is 0 Å². The van der Waals surface area contributed by atoms with Gasteiger partial charge in [0.1, 0.15) is 0 Å². The van der Waals surface area contributed by atoms with E-state index in [1.165, 1.54) is 23.2 Å². The monoisotopic (exact) mass is 362 g/mol. The third-order valence-corrected chi connectivity index (χ3v) is 6.82. The van der Waals surface area contributed by atoms with E-state index < -0.39 is 10.0 Å². The maximum Gasteiger partial charge on any atom is 0.264 e. The Morgan fingerprint density at radius 2 is 1.75 bits per heavy atom. The van der Waals surface area contributed by atoms with Crippen molar-refractivity contribution >= 4 is 33.0 Å². The molecule has 0 aromatic heterocycles. The Balaban J connectivity index is 1.73. The van der Waals surface area contributed by atoms with E-state index in [-0.39, 0.29) is 4.90 Å². The van der Waals surface area contributed by atoms with Gasteiger partial charge in [0, 0.05) is 30.3 Å². The van der Waals surface area contributed by atoms with Gasteiger partial charge in [-0.25, -0.2) is 8.42 Å². The Hall–Kier alpha value is -1.72. The summed E-state index contributed by atoms with van der Waals surface area (Å²) in [5, 5.41) is 0.432. The normalized spacial score (nSPS) is 17.4. The van der Waals surface area contributed by atoms with Crippen molar-refractivity contribution in [2.24, 2.45) is 0 Å². The first-order valence-electron chi connectivity index (χ1n) is 8.22. The van der Waals surface area contributed by atoms with Crippen LogP contribution >= 0.6 is 11.6 Å². The van der Waals surface area contributed by atoms with Crippen molar-refractivity contribution in [2.75, 3.05) is 28.8 Å². The molecule has 1 fully saturated rings. The summed E-state index contributed by atoms with van der Waals surface area (Å²) >= 11 is 5.98. The third kappa shape index (κ3) is 2.66. The number of sulfonamides is 1. The molecule has 0 aliphatic carbocycles. The highest BCUT2D eigenvalue weighted by atomic mass is 35.5. The molecule has 1 saturated heterocycles. The lowest BCUT2D eigenvalue weighted by atomic mass is 10.1. The zero-order chi connectivity index (χ0) is 16.7. The molecule has 2 aromatic rings. The molecule has 4 nitrogen and oxygen atoms in total.